The van der Waals surface area contributed by atoms with Crippen molar-refractivity contribution in [3.8, 4) is 0 Å². The topological polar surface area (TPSA) is 26.3 Å². The molecule has 2 nitrogen and oxygen atoms in total. The SMILES string of the molecule is C=C[C@@H]1Cc2ccccc2C(=O)O1. The highest BCUT2D eigenvalue weighted by Crippen LogP contribution is 2.20. The first-order chi connectivity index (χ1) is 6.31. The van der Waals surface area contributed by atoms with Gasteiger partial charge in [-0.3, -0.25) is 0 Å². The molecule has 0 saturated carbocycles. The molecular weight excluding hydrogens is 164 g/mol. The Morgan fingerprint density at radius 1 is 1.46 bits per heavy atom. The fourth-order valence-electron chi connectivity index (χ4n) is 1.49. The normalized spacial score (nSPS) is 20.3. The minimum Gasteiger partial charge on any atom is -0.454 e. The predicted octanol–water partition coefficient (Wildman–Crippen LogP) is 1.95. The Hall–Kier alpha value is -1.57. The van der Waals surface area contributed by atoms with Crippen molar-refractivity contribution in [1.82, 2.24) is 0 Å². The molecule has 0 saturated heterocycles. The smallest absolute Gasteiger partial charge is 0.339 e. The van der Waals surface area contributed by atoms with E-state index in [-0.39, 0.29) is 12.1 Å². The minimum absolute atomic E-state index is 0.164. The maximum absolute atomic E-state index is 11.4. The van der Waals surface area contributed by atoms with Gasteiger partial charge in [-0.25, -0.2) is 4.79 Å². The molecule has 1 heterocycles. The second-order valence-corrected chi connectivity index (χ2v) is 3.04. The van der Waals surface area contributed by atoms with Gasteiger partial charge in [-0.2, -0.15) is 0 Å². The number of benzene rings is 1. The highest BCUT2D eigenvalue weighted by molar-refractivity contribution is 5.92. The molecule has 0 N–H and O–H groups in total. The van der Waals surface area contributed by atoms with Crippen LogP contribution in [0.25, 0.3) is 0 Å². The molecule has 0 aromatic heterocycles. The molecule has 0 fully saturated rings. The lowest BCUT2D eigenvalue weighted by molar-refractivity contribution is 0.0358. The van der Waals surface area contributed by atoms with Crippen LogP contribution in [0.15, 0.2) is 36.9 Å². The molecule has 0 bridgehead atoms. The lowest BCUT2D eigenvalue weighted by Gasteiger charge is -2.21. The van der Waals surface area contributed by atoms with E-state index in [1.165, 1.54) is 0 Å². The van der Waals surface area contributed by atoms with Crippen molar-refractivity contribution in [3.05, 3.63) is 48.0 Å². The van der Waals surface area contributed by atoms with E-state index in [9.17, 15) is 4.79 Å². The quantitative estimate of drug-likeness (QED) is 0.480. The van der Waals surface area contributed by atoms with E-state index in [1.54, 1.807) is 12.1 Å². The Morgan fingerprint density at radius 2 is 2.23 bits per heavy atom. The van der Waals surface area contributed by atoms with E-state index >= 15 is 0 Å². The maximum atomic E-state index is 11.4. The second kappa shape index (κ2) is 3.05. The molecule has 1 aromatic rings. The number of hydrogen-bond donors (Lipinski definition) is 0. The molecule has 1 aliphatic heterocycles. The summed E-state index contributed by atoms with van der Waals surface area (Å²) in [7, 11) is 0. The van der Waals surface area contributed by atoms with E-state index in [2.05, 4.69) is 6.58 Å². The molecule has 0 aliphatic carbocycles. The highest BCUT2D eigenvalue weighted by Gasteiger charge is 2.23. The van der Waals surface area contributed by atoms with E-state index in [0.29, 0.717) is 5.56 Å². The molecule has 1 aliphatic rings. The van der Waals surface area contributed by atoms with Gasteiger partial charge in [0.05, 0.1) is 5.56 Å². The third kappa shape index (κ3) is 1.35. The predicted molar refractivity (Wildman–Crippen MR) is 49.5 cm³/mol. The third-order valence-electron chi connectivity index (χ3n) is 2.18. The van der Waals surface area contributed by atoms with Crippen LogP contribution in [0.4, 0.5) is 0 Å². The van der Waals surface area contributed by atoms with Gasteiger partial charge in [-0.1, -0.05) is 30.9 Å². The number of carbonyl (C=O) groups excluding carboxylic acids is 1. The maximum Gasteiger partial charge on any atom is 0.339 e. The summed E-state index contributed by atoms with van der Waals surface area (Å²) in [6.45, 7) is 3.61. The van der Waals surface area contributed by atoms with E-state index in [1.807, 2.05) is 18.2 Å². The van der Waals surface area contributed by atoms with Crippen LogP contribution in [-0.2, 0) is 11.2 Å². The molecule has 0 unspecified atom stereocenters. The van der Waals surface area contributed by atoms with Crippen LogP contribution in [0.2, 0.25) is 0 Å². The zero-order chi connectivity index (χ0) is 9.26. The highest BCUT2D eigenvalue weighted by atomic mass is 16.5. The van der Waals surface area contributed by atoms with E-state index in [0.717, 1.165) is 12.0 Å². The minimum atomic E-state index is -0.244. The van der Waals surface area contributed by atoms with E-state index in [4.69, 9.17) is 4.74 Å². The molecule has 1 aromatic carbocycles. The van der Waals surface area contributed by atoms with Crippen molar-refractivity contribution in [3.63, 3.8) is 0 Å². The average molecular weight is 174 g/mol. The van der Waals surface area contributed by atoms with E-state index < -0.39 is 0 Å². The summed E-state index contributed by atoms with van der Waals surface area (Å²) >= 11 is 0. The monoisotopic (exact) mass is 174 g/mol. The lowest BCUT2D eigenvalue weighted by atomic mass is 9.99. The zero-order valence-electron chi connectivity index (χ0n) is 7.19. The Balaban J connectivity index is 2.42. The molecule has 2 rings (SSSR count). The van der Waals surface area contributed by atoms with Crippen LogP contribution in [0.3, 0.4) is 0 Å². The molecule has 1 atom stereocenters. The lowest BCUT2D eigenvalue weighted by Crippen LogP contribution is -2.25. The molecule has 13 heavy (non-hydrogen) atoms. The fraction of sp³-hybridized carbons (Fsp3) is 0.182. The Morgan fingerprint density at radius 3 is 3.00 bits per heavy atom. The summed E-state index contributed by atoms with van der Waals surface area (Å²) < 4.78 is 5.10. The van der Waals surface area contributed by atoms with Crippen LogP contribution >= 0.6 is 0 Å². The van der Waals surface area contributed by atoms with Crippen LogP contribution in [0.1, 0.15) is 15.9 Å². The molecular formula is C11H10O2. The number of rotatable bonds is 1. The summed E-state index contributed by atoms with van der Waals surface area (Å²) in [5.41, 5.74) is 1.73. The Kier molecular flexibility index (Phi) is 1.89. The van der Waals surface area contributed by atoms with Crippen LogP contribution in [0.5, 0.6) is 0 Å². The summed E-state index contributed by atoms with van der Waals surface area (Å²) in [5.74, 6) is -0.244. The van der Waals surface area contributed by atoms with Gasteiger partial charge in [0.1, 0.15) is 6.10 Å². The fourth-order valence-corrected chi connectivity index (χ4v) is 1.49. The standard InChI is InChI=1S/C11H10O2/c1-2-9-7-8-5-3-4-6-10(8)11(12)13-9/h2-6,9H,1,7H2/t9-/m1/s1. The molecule has 0 spiro atoms. The van der Waals surface area contributed by atoms with Crippen LogP contribution < -0.4 is 0 Å². The first-order valence-corrected chi connectivity index (χ1v) is 4.22. The molecule has 66 valence electrons. The first kappa shape index (κ1) is 8.05. The second-order valence-electron chi connectivity index (χ2n) is 3.04. The summed E-state index contributed by atoms with van der Waals surface area (Å²) in [6, 6.07) is 7.51. The number of ether oxygens (including phenoxy) is 1. The number of fused-ring (bicyclic) bond motifs is 1. The number of hydrogen-bond acceptors (Lipinski definition) is 2. The zero-order valence-corrected chi connectivity index (χ0v) is 7.19. The molecule has 0 amide bonds. The van der Waals surface area contributed by atoms with Gasteiger partial charge in [-0.15, -0.1) is 0 Å². The number of cyclic esters (lactones) is 1. The van der Waals surface area contributed by atoms with Gasteiger partial charge in [0, 0.05) is 6.42 Å². The van der Waals surface area contributed by atoms with Gasteiger partial charge in [0.15, 0.2) is 0 Å². The van der Waals surface area contributed by atoms with Crippen molar-refractivity contribution < 1.29 is 9.53 Å². The van der Waals surface area contributed by atoms with Crippen LogP contribution in [-0.4, -0.2) is 12.1 Å². The largest absolute Gasteiger partial charge is 0.454 e. The Bertz CT molecular complexity index is 355. The van der Waals surface area contributed by atoms with Gasteiger partial charge in [-0.05, 0) is 11.6 Å². The van der Waals surface area contributed by atoms with Crippen molar-refractivity contribution >= 4 is 5.97 Å². The third-order valence-corrected chi connectivity index (χ3v) is 2.18. The first-order valence-electron chi connectivity index (χ1n) is 4.22. The van der Waals surface area contributed by atoms with Gasteiger partial charge >= 0.3 is 5.97 Å². The molecule has 2 heteroatoms. The van der Waals surface area contributed by atoms with Crippen molar-refractivity contribution in [2.75, 3.05) is 0 Å². The molecule has 0 radical (unpaired) electrons. The van der Waals surface area contributed by atoms with Gasteiger partial charge in [0.2, 0.25) is 0 Å². The average Bonchev–Trinajstić information content (AvgIpc) is 2.18. The summed E-state index contributed by atoms with van der Waals surface area (Å²) in [6.07, 6.45) is 2.24. The van der Waals surface area contributed by atoms with Crippen molar-refractivity contribution in [2.24, 2.45) is 0 Å². The number of esters is 1. The number of carbonyl (C=O) groups is 1. The van der Waals surface area contributed by atoms with Gasteiger partial charge in [0.25, 0.3) is 0 Å². The Labute approximate surface area is 76.8 Å². The summed E-state index contributed by atoms with van der Waals surface area (Å²) in [5, 5.41) is 0. The van der Waals surface area contributed by atoms with Crippen molar-refractivity contribution in [2.45, 2.75) is 12.5 Å². The van der Waals surface area contributed by atoms with Crippen molar-refractivity contribution in [1.29, 1.82) is 0 Å². The summed E-state index contributed by atoms with van der Waals surface area (Å²) in [4.78, 5) is 11.4. The van der Waals surface area contributed by atoms with Crippen LogP contribution in [0, 0.1) is 0 Å². The van der Waals surface area contributed by atoms with Gasteiger partial charge < -0.3 is 4.74 Å².